The number of benzene rings is 1. The van der Waals surface area contributed by atoms with Gasteiger partial charge in [0, 0.05) is 7.05 Å². The highest BCUT2D eigenvalue weighted by Crippen LogP contribution is 2.31. The van der Waals surface area contributed by atoms with Crippen LogP contribution in [-0.4, -0.2) is 13.0 Å². The maximum absolute atomic E-state index is 12.4. The van der Waals surface area contributed by atoms with Gasteiger partial charge >= 0.3 is 6.18 Å². The quantitative estimate of drug-likeness (QED) is 0.743. The number of hydrogen-bond acceptors (Lipinski definition) is 1. The van der Waals surface area contributed by atoms with Crippen molar-refractivity contribution in [1.29, 1.82) is 0 Å². The van der Waals surface area contributed by atoms with E-state index >= 15 is 0 Å². The minimum atomic E-state index is -4.50. The molecule has 0 aromatic heterocycles. The largest absolute Gasteiger partial charge is 0.417 e. The van der Waals surface area contributed by atoms with E-state index in [1.807, 2.05) is 0 Å². The first-order chi connectivity index (χ1) is 6.46. The van der Waals surface area contributed by atoms with Crippen LogP contribution < -0.4 is 5.32 Å². The van der Waals surface area contributed by atoms with Crippen LogP contribution in [-0.2, 0) is 6.18 Å². The van der Waals surface area contributed by atoms with Gasteiger partial charge in [-0.05, 0) is 12.1 Å². The van der Waals surface area contributed by atoms with Crippen molar-refractivity contribution < 1.29 is 18.0 Å². The van der Waals surface area contributed by atoms with Crippen LogP contribution in [0.5, 0.6) is 0 Å². The fourth-order valence-corrected chi connectivity index (χ4v) is 1.06. The Morgan fingerprint density at radius 3 is 2.36 bits per heavy atom. The predicted molar refractivity (Wildman–Crippen MR) is 44.8 cm³/mol. The molecule has 1 aromatic carbocycles. The first-order valence-corrected chi connectivity index (χ1v) is 3.85. The molecule has 0 heterocycles. The second kappa shape index (κ2) is 3.69. The van der Waals surface area contributed by atoms with Crippen molar-refractivity contribution >= 4 is 5.91 Å². The topological polar surface area (TPSA) is 29.1 Å². The zero-order valence-electron chi connectivity index (χ0n) is 7.35. The summed E-state index contributed by atoms with van der Waals surface area (Å²) in [5.74, 6) is -0.738. The number of nitrogens with one attached hydrogen (secondary N) is 1. The Morgan fingerprint density at radius 2 is 1.86 bits per heavy atom. The van der Waals surface area contributed by atoms with Crippen LogP contribution in [0, 0.1) is 0 Å². The van der Waals surface area contributed by atoms with Crippen LogP contribution in [0.3, 0.4) is 0 Å². The van der Waals surface area contributed by atoms with Crippen LogP contribution in [0.4, 0.5) is 13.2 Å². The van der Waals surface area contributed by atoms with Gasteiger partial charge in [-0.1, -0.05) is 12.1 Å². The van der Waals surface area contributed by atoms with Crippen molar-refractivity contribution in [3.05, 3.63) is 35.4 Å². The third-order valence-electron chi connectivity index (χ3n) is 1.70. The van der Waals surface area contributed by atoms with Crippen LogP contribution in [0.25, 0.3) is 0 Å². The van der Waals surface area contributed by atoms with Gasteiger partial charge in [-0.3, -0.25) is 4.79 Å². The van der Waals surface area contributed by atoms with Crippen LogP contribution in [0.2, 0.25) is 0 Å². The Hall–Kier alpha value is -1.52. The minimum absolute atomic E-state index is 0.359. The normalized spacial score (nSPS) is 11.1. The van der Waals surface area contributed by atoms with Crippen molar-refractivity contribution in [2.75, 3.05) is 7.05 Å². The Kier molecular flexibility index (Phi) is 2.78. The molecule has 14 heavy (non-hydrogen) atoms. The van der Waals surface area contributed by atoms with Gasteiger partial charge in [-0.2, -0.15) is 13.2 Å². The van der Waals surface area contributed by atoms with Gasteiger partial charge in [-0.15, -0.1) is 0 Å². The molecule has 0 aliphatic carbocycles. The van der Waals surface area contributed by atoms with E-state index in [-0.39, 0.29) is 5.56 Å². The zero-order valence-corrected chi connectivity index (χ0v) is 7.35. The number of rotatable bonds is 1. The summed E-state index contributed by atoms with van der Waals surface area (Å²) in [5.41, 5.74) is -1.28. The third-order valence-corrected chi connectivity index (χ3v) is 1.70. The Labute approximate surface area is 78.7 Å². The molecule has 0 aliphatic rings. The summed E-state index contributed by atoms with van der Waals surface area (Å²) in [6.45, 7) is 0. The molecule has 5 heteroatoms. The summed E-state index contributed by atoms with van der Waals surface area (Å²) in [6, 6.07) is 4.65. The maximum atomic E-state index is 12.4. The van der Waals surface area contributed by atoms with Crippen LogP contribution >= 0.6 is 0 Å². The van der Waals surface area contributed by atoms with Crippen molar-refractivity contribution in [3.63, 3.8) is 0 Å². The monoisotopic (exact) mass is 203 g/mol. The summed E-state index contributed by atoms with van der Waals surface area (Å²) in [6.07, 6.45) is -4.50. The lowest BCUT2D eigenvalue weighted by Gasteiger charge is -2.10. The standard InChI is InChI=1S/C9H8F3NO/c1-13-8(14)6-4-2-3-5-7(6)9(10,11)12/h2-5H,1H3,(H,13,14). The summed E-state index contributed by atoms with van der Waals surface area (Å²) in [7, 11) is 1.29. The second-order valence-corrected chi connectivity index (χ2v) is 2.62. The number of hydrogen-bond donors (Lipinski definition) is 1. The van der Waals surface area contributed by atoms with E-state index in [2.05, 4.69) is 5.32 Å². The van der Waals surface area contributed by atoms with Gasteiger partial charge < -0.3 is 5.32 Å². The molecule has 0 radical (unpaired) electrons. The number of carbonyl (C=O) groups excluding carboxylic acids is 1. The Balaban J connectivity index is 3.23. The fourth-order valence-electron chi connectivity index (χ4n) is 1.06. The lowest BCUT2D eigenvalue weighted by atomic mass is 10.1. The predicted octanol–water partition coefficient (Wildman–Crippen LogP) is 2.06. The zero-order chi connectivity index (χ0) is 10.8. The minimum Gasteiger partial charge on any atom is -0.355 e. The molecule has 0 aliphatic heterocycles. The van der Waals surface area contributed by atoms with E-state index in [1.54, 1.807) is 0 Å². The third kappa shape index (κ3) is 2.04. The molecule has 1 aromatic rings. The number of halogens is 3. The Bertz CT molecular complexity index is 346. The average Bonchev–Trinajstić information content (AvgIpc) is 2.15. The molecule has 0 saturated carbocycles. The summed E-state index contributed by atoms with van der Waals surface area (Å²) < 4.78 is 37.1. The Morgan fingerprint density at radius 1 is 1.29 bits per heavy atom. The van der Waals surface area contributed by atoms with Crippen molar-refractivity contribution in [2.24, 2.45) is 0 Å². The summed E-state index contributed by atoms with van der Waals surface area (Å²) in [5, 5.41) is 2.15. The molecular weight excluding hydrogens is 195 g/mol. The molecule has 0 fully saturated rings. The molecular formula is C9H8F3NO. The average molecular weight is 203 g/mol. The maximum Gasteiger partial charge on any atom is 0.417 e. The highest BCUT2D eigenvalue weighted by Gasteiger charge is 2.34. The molecule has 1 rings (SSSR count). The molecule has 0 saturated heterocycles. The SMILES string of the molecule is CNC(=O)c1ccccc1C(F)(F)F. The van der Waals surface area contributed by atoms with E-state index in [4.69, 9.17) is 0 Å². The lowest BCUT2D eigenvalue weighted by Crippen LogP contribution is -2.22. The van der Waals surface area contributed by atoms with Gasteiger partial charge in [0.2, 0.25) is 0 Å². The molecule has 1 amide bonds. The van der Waals surface area contributed by atoms with Crippen molar-refractivity contribution in [2.45, 2.75) is 6.18 Å². The van der Waals surface area contributed by atoms with Gasteiger partial charge in [0.25, 0.3) is 5.91 Å². The van der Waals surface area contributed by atoms with Crippen LogP contribution in [0.1, 0.15) is 15.9 Å². The first kappa shape index (κ1) is 10.6. The van der Waals surface area contributed by atoms with Gasteiger partial charge in [0.15, 0.2) is 0 Å². The van der Waals surface area contributed by atoms with E-state index < -0.39 is 17.6 Å². The molecule has 0 atom stereocenters. The van der Waals surface area contributed by atoms with E-state index in [1.165, 1.54) is 19.2 Å². The van der Waals surface area contributed by atoms with Gasteiger partial charge in [-0.25, -0.2) is 0 Å². The van der Waals surface area contributed by atoms with E-state index in [9.17, 15) is 18.0 Å². The molecule has 76 valence electrons. The second-order valence-electron chi connectivity index (χ2n) is 2.62. The first-order valence-electron chi connectivity index (χ1n) is 3.85. The highest BCUT2D eigenvalue weighted by molar-refractivity contribution is 5.95. The highest BCUT2D eigenvalue weighted by atomic mass is 19.4. The van der Waals surface area contributed by atoms with E-state index in [0.29, 0.717) is 0 Å². The molecule has 1 N–H and O–H groups in total. The van der Waals surface area contributed by atoms with Gasteiger partial charge in [0.1, 0.15) is 0 Å². The molecule has 2 nitrogen and oxygen atoms in total. The van der Waals surface area contributed by atoms with E-state index in [0.717, 1.165) is 12.1 Å². The van der Waals surface area contributed by atoms with Crippen molar-refractivity contribution in [1.82, 2.24) is 5.32 Å². The molecule has 0 unspecified atom stereocenters. The van der Waals surface area contributed by atoms with Crippen molar-refractivity contribution in [3.8, 4) is 0 Å². The smallest absolute Gasteiger partial charge is 0.355 e. The molecule has 0 spiro atoms. The fraction of sp³-hybridized carbons (Fsp3) is 0.222. The number of carbonyl (C=O) groups is 1. The molecule has 0 bridgehead atoms. The lowest BCUT2D eigenvalue weighted by molar-refractivity contribution is -0.137. The number of amides is 1. The number of alkyl halides is 3. The van der Waals surface area contributed by atoms with Gasteiger partial charge in [0.05, 0.1) is 11.1 Å². The van der Waals surface area contributed by atoms with Crippen LogP contribution in [0.15, 0.2) is 24.3 Å². The summed E-state index contributed by atoms with van der Waals surface area (Å²) >= 11 is 0. The summed E-state index contributed by atoms with van der Waals surface area (Å²) in [4.78, 5) is 11.1.